The first-order valence-electron chi connectivity index (χ1n) is 3.86. The number of nitrogens with two attached hydrogens (primary N) is 1. The zero-order valence-corrected chi connectivity index (χ0v) is 7.39. The third-order valence-corrected chi connectivity index (χ3v) is 1.22. The molecular formula is C10H15N. The lowest BCUT2D eigenvalue weighted by Gasteiger charge is -2.10. The Kier molecular flexibility index (Phi) is 2.01. The normalized spacial score (nSPS) is 11.6. The first-order valence-corrected chi connectivity index (χ1v) is 3.86. The van der Waals surface area contributed by atoms with Crippen molar-refractivity contribution in [2.75, 3.05) is 0 Å². The van der Waals surface area contributed by atoms with Crippen molar-refractivity contribution in [1.82, 2.24) is 0 Å². The highest BCUT2D eigenvalue weighted by Crippen LogP contribution is 2.29. The molecule has 1 heteroatoms. The van der Waals surface area contributed by atoms with E-state index in [4.69, 9.17) is 5.73 Å². The number of hydrogen-bond acceptors (Lipinski definition) is 1. The zero-order valence-electron chi connectivity index (χ0n) is 7.39. The minimum Gasteiger partial charge on any atom is -0.326 e. The van der Waals surface area contributed by atoms with Crippen LogP contribution in [0.1, 0.15) is 20.8 Å². The number of fused-ring (bicyclic) bond motifs is 1. The van der Waals surface area contributed by atoms with Crippen LogP contribution in [0.2, 0.25) is 0 Å². The topological polar surface area (TPSA) is 26.0 Å². The first-order chi connectivity index (χ1) is 4.97. The standard InChI is InChI=1S/C6H4.C4H11N/c1-2-6-4-3-5(1)6;1-4(2,3)5/h1-4H;5H2,1-3H3. The molecule has 0 aromatic rings. The Morgan fingerprint density at radius 3 is 1.09 bits per heavy atom. The maximum Gasteiger partial charge on any atom is 0.00686 e. The molecule has 0 heterocycles. The van der Waals surface area contributed by atoms with Gasteiger partial charge in [-0.2, -0.15) is 0 Å². The fourth-order valence-electron chi connectivity index (χ4n) is 0.663. The summed E-state index contributed by atoms with van der Waals surface area (Å²) in [5, 5.41) is 0. The Balaban J connectivity index is 0.000000114. The Morgan fingerprint density at radius 1 is 0.909 bits per heavy atom. The van der Waals surface area contributed by atoms with Crippen LogP contribution in [0.3, 0.4) is 0 Å². The molecule has 11 heavy (non-hydrogen) atoms. The summed E-state index contributed by atoms with van der Waals surface area (Å²) >= 11 is 0. The van der Waals surface area contributed by atoms with Crippen molar-refractivity contribution in [2.45, 2.75) is 26.3 Å². The third-order valence-electron chi connectivity index (χ3n) is 1.22. The molecule has 0 aromatic heterocycles. The van der Waals surface area contributed by atoms with Gasteiger partial charge in [-0.1, -0.05) is 24.3 Å². The molecule has 0 saturated heterocycles. The molecule has 0 spiro atoms. The van der Waals surface area contributed by atoms with Crippen LogP contribution in [0.4, 0.5) is 0 Å². The van der Waals surface area contributed by atoms with Gasteiger partial charge < -0.3 is 5.73 Å². The Morgan fingerprint density at radius 2 is 1.09 bits per heavy atom. The molecule has 0 bridgehead atoms. The van der Waals surface area contributed by atoms with E-state index in [0.29, 0.717) is 0 Å². The van der Waals surface area contributed by atoms with E-state index in [2.05, 4.69) is 24.3 Å². The van der Waals surface area contributed by atoms with Crippen LogP contribution in [0.15, 0.2) is 24.3 Å². The SMILES string of the molecule is CC(C)(C)N.c1cc2ccc1-2. The molecule has 2 rings (SSSR count). The van der Waals surface area contributed by atoms with E-state index in [1.165, 1.54) is 11.1 Å². The lowest BCUT2D eigenvalue weighted by atomic mass is 9.95. The van der Waals surface area contributed by atoms with E-state index < -0.39 is 0 Å². The summed E-state index contributed by atoms with van der Waals surface area (Å²) in [6.07, 6.45) is 0. The minimum atomic E-state index is 0. The first kappa shape index (κ1) is 8.28. The summed E-state index contributed by atoms with van der Waals surface area (Å²) in [5.41, 5.74) is 8.21. The maximum absolute atomic E-state index is 5.35. The zero-order chi connectivity index (χ0) is 8.48. The fourth-order valence-corrected chi connectivity index (χ4v) is 0.663. The molecule has 0 amide bonds. The molecule has 0 fully saturated rings. The van der Waals surface area contributed by atoms with Gasteiger partial charge in [0.2, 0.25) is 0 Å². The molecule has 0 unspecified atom stereocenters. The lowest BCUT2D eigenvalue weighted by Crippen LogP contribution is -2.26. The summed E-state index contributed by atoms with van der Waals surface area (Å²) in [7, 11) is 0. The largest absolute Gasteiger partial charge is 0.326 e. The highest BCUT2D eigenvalue weighted by Gasteiger charge is 2.03. The molecule has 1 nitrogen and oxygen atoms in total. The van der Waals surface area contributed by atoms with Gasteiger partial charge in [-0.25, -0.2) is 0 Å². The summed E-state index contributed by atoms with van der Waals surface area (Å²) in [6, 6.07) is 8.48. The van der Waals surface area contributed by atoms with Crippen molar-refractivity contribution in [3.05, 3.63) is 24.3 Å². The Hall–Kier alpha value is -0.820. The highest BCUT2D eigenvalue weighted by atomic mass is 14.7. The highest BCUT2D eigenvalue weighted by molar-refractivity contribution is 5.75. The van der Waals surface area contributed by atoms with E-state index in [9.17, 15) is 0 Å². The number of benzene rings is 1. The average molecular weight is 149 g/mol. The molecule has 0 saturated carbocycles. The van der Waals surface area contributed by atoms with Crippen molar-refractivity contribution in [3.8, 4) is 11.1 Å². The fraction of sp³-hybridized carbons (Fsp3) is 0.400. The molecule has 0 aliphatic heterocycles. The van der Waals surface area contributed by atoms with Crippen LogP contribution in [0, 0.1) is 0 Å². The number of hydrogen-bond donors (Lipinski definition) is 1. The van der Waals surface area contributed by atoms with Crippen LogP contribution < -0.4 is 5.73 Å². The molecule has 0 radical (unpaired) electrons. The Labute approximate surface area is 68.2 Å². The lowest BCUT2D eigenvalue weighted by molar-refractivity contribution is 0.580. The van der Waals surface area contributed by atoms with Crippen LogP contribution in [-0.4, -0.2) is 5.54 Å². The summed E-state index contributed by atoms with van der Waals surface area (Å²) in [6.45, 7) is 5.90. The third kappa shape index (κ3) is 2.72. The van der Waals surface area contributed by atoms with Crippen molar-refractivity contribution in [2.24, 2.45) is 5.73 Å². The minimum absolute atomic E-state index is 0. The van der Waals surface area contributed by atoms with Gasteiger partial charge in [-0.3, -0.25) is 0 Å². The van der Waals surface area contributed by atoms with Gasteiger partial charge in [0.25, 0.3) is 0 Å². The molecule has 60 valence electrons. The van der Waals surface area contributed by atoms with Gasteiger partial charge in [-0.05, 0) is 31.9 Å². The second-order valence-electron chi connectivity index (χ2n) is 3.94. The van der Waals surface area contributed by atoms with E-state index >= 15 is 0 Å². The van der Waals surface area contributed by atoms with Crippen molar-refractivity contribution in [1.29, 1.82) is 0 Å². The summed E-state index contributed by atoms with van der Waals surface area (Å²) in [5.74, 6) is 0. The number of rotatable bonds is 0. The van der Waals surface area contributed by atoms with Gasteiger partial charge >= 0.3 is 0 Å². The van der Waals surface area contributed by atoms with E-state index in [1.54, 1.807) is 0 Å². The monoisotopic (exact) mass is 149 g/mol. The van der Waals surface area contributed by atoms with Crippen LogP contribution >= 0.6 is 0 Å². The Bertz CT molecular complexity index is 201. The van der Waals surface area contributed by atoms with Crippen LogP contribution in [0.25, 0.3) is 11.1 Å². The van der Waals surface area contributed by atoms with Gasteiger partial charge in [0, 0.05) is 5.54 Å². The predicted molar refractivity (Wildman–Crippen MR) is 49.4 cm³/mol. The molecular weight excluding hydrogens is 134 g/mol. The molecule has 0 atom stereocenters. The average Bonchev–Trinajstić information content (AvgIpc) is 1.74. The van der Waals surface area contributed by atoms with Gasteiger partial charge in [0.15, 0.2) is 0 Å². The quantitative estimate of drug-likeness (QED) is 0.611. The van der Waals surface area contributed by atoms with E-state index in [0.717, 1.165) is 0 Å². The summed E-state index contributed by atoms with van der Waals surface area (Å²) < 4.78 is 0. The van der Waals surface area contributed by atoms with Crippen LogP contribution in [-0.2, 0) is 0 Å². The molecule has 2 aliphatic rings. The van der Waals surface area contributed by atoms with Crippen molar-refractivity contribution >= 4 is 0 Å². The molecule has 2 aliphatic carbocycles. The van der Waals surface area contributed by atoms with Gasteiger partial charge in [-0.15, -0.1) is 0 Å². The van der Waals surface area contributed by atoms with Crippen LogP contribution in [0.5, 0.6) is 0 Å². The molecule has 2 N–H and O–H groups in total. The second kappa shape index (κ2) is 2.67. The predicted octanol–water partition coefficient (Wildman–Crippen LogP) is 2.41. The van der Waals surface area contributed by atoms with E-state index in [-0.39, 0.29) is 5.54 Å². The molecule has 0 aromatic carbocycles. The van der Waals surface area contributed by atoms with E-state index in [1.807, 2.05) is 20.8 Å². The second-order valence-corrected chi connectivity index (χ2v) is 3.94. The smallest absolute Gasteiger partial charge is 0.00686 e. The summed E-state index contributed by atoms with van der Waals surface area (Å²) in [4.78, 5) is 0. The van der Waals surface area contributed by atoms with Gasteiger partial charge in [0.1, 0.15) is 0 Å². The van der Waals surface area contributed by atoms with Crippen molar-refractivity contribution in [3.63, 3.8) is 0 Å². The van der Waals surface area contributed by atoms with Gasteiger partial charge in [0.05, 0.1) is 0 Å². The van der Waals surface area contributed by atoms with Crippen molar-refractivity contribution < 1.29 is 0 Å². The maximum atomic E-state index is 5.35.